The standard InChI is InChI=1S/C18H28N2O3S2/c1-3-4-13-24-15(2)18(21)19-14-16-7-9-17(10-8-16)25(22,23)20-11-5-6-12-20/h7-10,15H,3-6,11-14H2,1-2H3,(H,19,21). The molecule has 2 rings (SSSR count). The van der Waals surface area contributed by atoms with E-state index in [0.29, 0.717) is 24.5 Å². The van der Waals surface area contributed by atoms with Crippen LogP contribution in [0, 0.1) is 0 Å². The van der Waals surface area contributed by atoms with Crippen LogP contribution >= 0.6 is 11.8 Å². The van der Waals surface area contributed by atoms with E-state index in [9.17, 15) is 13.2 Å². The zero-order valence-electron chi connectivity index (χ0n) is 15.0. The van der Waals surface area contributed by atoms with Crippen molar-refractivity contribution in [1.29, 1.82) is 0 Å². The average molecular weight is 385 g/mol. The van der Waals surface area contributed by atoms with Gasteiger partial charge in [0, 0.05) is 19.6 Å². The lowest BCUT2D eigenvalue weighted by Gasteiger charge is -2.16. The van der Waals surface area contributed by atoms with Crippen molar-refractivity contribution in [3.8, 4) is 0 Å². The molecular weight excluding hydrogens is 356 g/mol. The van der Waals surface area contributed by atoms with Gasteiger partial charge in [0.2, 0.25) is 15.9 Å². The monoisotopic (exact) mass is 384 g/mol. The molecule has 1 atom stereocenters. The van der Waals surface area contributed by atoms with E-state index in [1.807, 2.05) is 6.92 Å². The summed E-state index contributed by atoms with van der Waals surface area (Å²) in [5, 5.41) is 2.85. The average Bonchev–Trinajstić information content (AvgIpc) is 3.15. The second-order valence-electron chi connectivity index (χ2n) is 6.34. The summed E-state index contributed by atoms with van der Waals surface area (Å²) in [6.45, 7) is 5.68. The minimum absolute atomic E-state index is 0.0230. The van der Waals surface area contributed by atoms with Crippen LogP contribution in [0.2, 0.25) is 0 Å². The molecule has 140 valence electrons. The molecule has 1 N–H and O–H groups in total. The summed E-state index contributed by atoms with van der Waals surface area (Å²) in [4.78, 5) is 12.4. The van der Waals surface area contributed by atoms with Crippen molar-refractivity contribution in [2.75, 3.05) is 18.8 Å². The zero-order valence-corrected chi connectivity index (χ0v) is 16.7. The molecule has 1 amide bonds. The first-order valence-electron chi connectivity index (χ1n) is 8.93. The molecule has 5 nitrogen and oxygen atoms in total. The second kappa shape index (κ2) is 9.59. The number of sulfonamides is 1. The van der Waals surface area contributed by atoms with Gasteiger partial charge in [0.05, 0.1) is 10.1 Å². The Hall–Kier alpha value is -1.05. The molecule has 0 bridgehead atoms. The maximum Gasteiger partial charge on any atom is 0.243 e. The maximum atomic E-state index is 12.5. The number of rotatable bonds is 9. The zero-order chi connectivity index (χ0) is 18.3. The van der Waals surface area contributed by atoms with Gasteiger partial charge < -0.3 is 5.32 Å². The number of unbranched alkanes of at least 4 members (excludes halogenated alkanes) is 1. The van der Waals surface area contributed by atoms with Gasteiger partial charge in [-0.3, -0.25) is 4.79 Å². The molecule has 0 radical (unpaired) electrons. The first kappa shape index (κ1) is 20.3. The summed E-state index contributed by atoms with van der Waals surface area (Å²) in [5.74, 6) is 1.02. The third-order valence-electron chi connectivity index (χ3n) is 4.33. The molecule has 1 aromatic rings. The fraction of sp³-hybridized carbons (Fsp3) is 0.611. The Balaban J connectivity index is 1.87. The summed E-state index contributed by atoms with van der Waals surface area (Å²) in [6, 6.07) is 6.82. The Bertz CT molecular complexity index is 653. The highest BCUT2D eigenvalue weighted by Crippen LogP contribution is 2.21. The van der Waals surface area contributed by atoms with Crippen LogP contribution < -0.4 is 5.32 Å². The van der Waals surface area contributed by atoms with E-state index >= 15 is 0 Å². The van der Waals surface area contributed by atoms with Crippen molar-refractivity contribution < 1.29 is 13.2 Å². The summed E-state index contributed by atoms with van der Waals surface area (Å²) >= 11 is 1.67. The molecule has 0 saturated carbocycles. The molecule has 1 fully saturated rings. The van der Waals surface area contributed by atoms with E-state index in [1.54, 1.807) is 40.3 Å². The number of hydrogen-bond donors (Lipinski definition) is 1. The van der Waals surface area contributed by atoms with E-state index in [4.69, 9.17) is 0 Å². The predicted octanol–water partition coefficient (Wildman–Crippen LogP) is 3.01. The number of nitrogens with zero attached hydrogens (tertiary/aromatic N) is 1. The van der Waals surface area contributed by atoms with Crippen LogP contribution in [-0.2, 0) is 21.4 Å². The van der Waals surface area contributed by atoms with Crippen LogP contribution in [0.3, 0.4) is 0 Å². The van der Waals surface area contributed by atoms with Crippen LogP contribution in [-0.4, -0.2) is 42.7 Å². The van der Waals surface area contributed by atoms with Gasteiger partial charge in [-0.2, -0.15) is 4.31 Å². The van der Waals surface area contributed by atoms with Crippen LogP contribution in [0.4, 0.5) is 0 Å². The molecule has 1 heterocycles. The van der Waals surface area contributed by atoms with Crippen molar-refractivity contribution in [3.05, 3.63) is 29.8 Å². The molecule has 1 unspecified atom stereocenters. The largest absolute Gasteiger partial charge is 0.351 e. The second-order valence-corrected chi connectivity index (χ2v) is 9.73. The van der Waals surface area contributed by atoms with Gasteiger partial charge in [-0.25, -0.2) is 8.42 Å². The van der Waals surface area contributed by atoms with Crippen molar-refractivity contribution in [2.24, 2.45) is 0 Å². The van der Waals surface area contributed by atoms with Gasteiger partial charge in [0.15, 0.2) is 0 Å². The van der Waals surface area contributed by atoms with Crippen molar-refractivity contribution in [2.45, 2.75) is 56.2 Å². The summed E-state index contributed by atoms with van der Waals surface area (Å²) in [5.41, 5.74) is 0.902. The van der Waals surface area contributed by atoms with Crippen molar-refractivity contribution in [1.82, 2.24) is 9.62 Å². The lowest BCUT2D eigenvalue weighted by atomic mass is 10.2. The van der Waals surface area contributed by atoms with Gasteiger partial charge in [0.25, 0.3) is 0 Å². The van der Waals surface area contributed by atoms with Crippen molar-refractivity contribution in [3.63, 3.8) is 0 Å². The first-order chi connectivity index (χ1) is 11.9. The number of hydrogen-bond acceptors (Lipinski definition) is 4. The van der Waals surface area contributed by atoms with Crippen molar-refractivity contribution >= 4 is 27.7 Å². The first-order valence-corrected chi connectivity index (χ1v) is 11.4. The minimum atomic E-state index is -3.37. The molecule has 1 aliphatic rings. The lowest BCUT2D eigenvalue weighted by molar-refractivity contribution is -0.120. The van der Waals surface area contributed by atoms with Crippen LogP contribution in [0.25, 0.3) is 0 Å². The predicted molar refractivity (Wildman–Crippen MR) is 103 cm³/mol. The number of thioether (sulfide) groups is 1. The molecule has 1 saturated heterocycles. The molecule has 7 heteroatoms. The SMILES string of the molecule is CCCCSC(C)C(=O)NCc1ccc(S(=O)(=O)N2CCCC2)cc1. The number of benzene rings is 1. The van der Waals surface area contributed by atoms with Gasteiger partial charge in [0.1, 0.15) is 0 Å². The summed E-state index contributed by atoms with van der Waals surface area (Å²) in [7, 11) is -3.37. The third-order valence-corrected chi connectivity index (χ3v) is 7.48. The van der Waals surface area contributed by atoms with Crippen LogP contribution in [0.1, 0.15) is 45.1 Å². The Morgan fingerprint density at radius 3 is 2.48 bits per heavy atom. The highest BCUT2D eigenvalue weighted by atomic mass is 32.2. The highest BCUT2D eigenvalue weighted by Gasteiger charge is 2.26. The molecule has 25 heavy (non-hydrogen) atoms. The molecule has 0 spiro atoms. The Kier molecular flexibility index (Phi) is 7.78. The number of carbonyl (C=O) groups is 1. The quantitative estimate of drug-likeness (QED) is 0.665. The van der Waals surface area contributed by atoms with E-state index < -0.39 is 10.0 Å². The van der Waals surface area contributed by atoms with Gasteiger partial charge in [-0.15, -0.1) is 11.8 Å². The summed E-state index contributed by atoms with van der Waals surface area (Å²) in [6.07, 6.45) is 4.11. The van der Waals surface area contributed by atoms with Crippen LogP contribution in [0.15, 0.2) is 29.2 Å². The fourth-order valence-corrected chi connectivity index (χ4v) is 5.23. The van der Waals surface area contributed by atoms with Gasteiger partial charge >= 0.3 is 0 Å². The lowest BCUT2D eigenvalue weighted by Crippen LogP contribution is -2.30. The highest BCUT2D eigenvalue weighted by molar-refractivity contribution is 8.00. The van der Waals surface area contributed by atoms with E-state index in [1.165, 1.54) is 0 Å². The van der Waals surface area contributed by atoms with E-state index in [2.05, 4.69) is 12.2 Å². The summed E-state index contributed by atoms with van der Waals surface area (Å²) < 4.78 is 26.5. The molecule has 0 aliphatic carbocycles. The maximum absolute atomic E-state index is 12.5. The molecule has 1 aliphatic heterocycles. The Morgan fingerprint density at radius 2 is 1.88 bits per heavy atom. The molecule has 1 aromatic carbocycles. The number of carbonyl (C=O) groups excluding carboxylic acids is 1. The minimum Gasteiger partial charge on any atom is -0.351 e. The number of amides is 1. The molecule has 0 aromatic heterocycles. The Labute approximate surface area is 155 Å². The fourth-order valence-electron chi connectivity index (χ4n) is 2.67. The normalized spacial score (nSPS) is 16.7. The Morgan fingerprint density at radius 1 is 1.24 bits per heavy atom. The third kappa shape index (κ3) is 5.72. The smallest absolute Gasteiger partial charge is 0.243 e. The van der Waals surface area contributed by atoms with Gasteiger partial charge in [-0.1, -0.05) is 25.5 Å². The molecular formula is C18H28N2O3S2. The number of nitrogens with one attached hydrogen (secondary N) is 1. The topological polar surface area (TPSA) is 66.5 Å². The van der Waals surface area contributed by atoms with Gasteiger partial charge in [-0.05, 0) is 49.6 Å². The van der Waals surface area contributed by atoms with E-state index in [-0.39, 0.29) is 11.2 Å². The van der Waals surface area contributed by atoms with Crippen LogP contribution in [0.5, 0.6) is 0 Å². The van der Waals surface area contributed by atoms with E-state index in [0.717, 1.165) is 37.0 Å².